The summed E-state index contributed by atoms with van der Waals surface area (Å²) >= 11 is 1.96. The molecule has 19 heavy (non-hydrogen) atoms. The number of ether oxygens (including phenoxy) is 1. The van der Waals surface area contributed by atoms with Crippen molar-refractivity contribution in [1.29, 1.82) is 0 Å². The van der Waals surface area contributed by atoms with Crippen LogP contribution in [0.3, 0.4) is 0 Å². The van der Waals surface area contributed by atoms with Gasteiger partial charge < -0.3 is 10.5 Å². The van der Waals surface area contributed by atoms with E-state index in [1.54, 1.807) is 0 Å². The summed E-state index contributed by atoms with van der Waals surface area (Å²) in [7, 11) is 0. The fourth-order valence-corrected chi connectivity index (χ4v) is 4.79. The van der Waals surface area contributed by atoms with Crippen LogP contribution in [0.4, 0.5) is 5.69 Å². The molecule has 0 bridgehead atoms. The molecule has 1 aliphatic carbocycles. The Labute approximate surface area is 120 Å². The Morgan fingerprint density at radius 1 is 1.32 bits per heavy atom. The molecule has 3 rings (SSSR count). The first-order valence-corrected chi connectivity index (χ1v) is 8.22. The number of thioether (sulfide) groups is 1. The quantitative estimate of drug-likeness (QED) is 0.824. The van der Waals surface area contributed by atoms with Crippen LogP contribution in [0.15, 0.2) is 23.1 Å². The number of hydrogen-bond acceptors (Lipinski definition) is 3. The Kier molecular flexibility index (Phi) is 3.77. The number of anilines is 1. The Balaban J connectivity index is 1.70. The van der Waals surface area contributed by atoms with Crippen molar-refractivity contribution < 1.29 is 4.74 Å². The molecule has 0 amide bonds. The number of nitrogens with two attached hydrogens (primary N) is 1. The van der Waals surface area contributed by atoms with E-state index in [1.165, 1.54) is 42.6 Å². The molecule has 2 nitrogen and oxygen atoms in total. The van der Waals surface area contributed by atoms with Gasteiger partial charge in [0.1, 0.15) is 0 Å². The first kappa shape index (κ1) is 13.3. The highest BCUT2D eigenvalue weighted by atomic mass is 32.2. The van der Waals surface area contributed by atoms with Gasteiger partial charge in [-0.1, -0.05) is 18.9 Å². The highest BCUT2D eigenvalue weighted by Gasteiger charge is 2.40. The third-order valence-electron chi connectivity index (χ3n) is 4.43. The molecule has 2 fully saturated rings. The van der Waals surface area contributed by atoms with E-state index in [1.807, 2.05) is 17.8 Å². The second-order valence-electron chi connectivity index (χ2n) is 6.01. The topological polar surface area (TPSA) is 35.2 Å². The second-order valence-corrected chi connectivity index (χ2v) is 7.35. The van der Waals surface area contributed by atoms with Crippen molar-refractivity contribution in [3.63, 3.8) is 0 Å². The summed E-state index contributed by atoms with van der Waals surface area (Å²) in [5, 5.41) is 0.663. The standard InChI is InChI=1S/C16H23NOS/c1-12-4-5-14(17)15(10-12)19-13-6-9-18-16(11-13)7-2-3-8-16/h4-5,10,13H,2-3,6-9,11,17H2,1H3. The highest BCUT2D eigenvalue weighted by Crippen LogP contribution is 2.45. The minimum absolute atomic E-state index is 0.203. The SMILES string of the molecule is Cc1ccc(N)c(SC2CCOC3(CCCC3)C2)c1. The molecule has 1 aliphatic heterocycles. The van der Waals surface area contributed by atoms with Gasteiger partial charge in [-0.05, 0) is 50.3 Å². The van der Waals surface area contributed by atoms with Gasteiger partial charge in [0.15, 0.2) is 0 Å². The molecular formula is C16H23NOS. The van der Waals surface area contributed by atoms with Gasteiger partial charge in [0.25, 0.3) is 0 Å². The van der Waals surface area contributed by atoms with Crippen LogP contribution in [0.5, 0.6) is 0 Å². The van der Waals surface area contributed by atoms with Gasteiger partial charge in [-0.3, -0.25) is 0 Å². The van der Waals surface area contributed by atoms with E-state index in [4.69, 9.17) is 10.5 Å². The molecule has 1 aromatic carbocycles. The van der Waals surface area contributed by atoms with E-state index in [2.05, 4.69) is 19.1 Å². The van der Waals surface area contributed by atoms with E-state index in [0.717, 1.165) is 18.7 Å². The predicted octanol–water partition coefficient (Wildman–Crippen LogP) is 4.16. The lowest BCUT2D eigenvalue weighted by Gasteiger charge is -2.38. The molecular weight excluding hydrogens is 254 g/mol. The highest BCUT2D eigenvalue weighted by molar-refractivity contribution is 8.00. The lowest BCUT2D eigenvalue weighted by atomic mass is 9.92. The van der Waals surface area contributed by atoms with E-state index in [9.17, 15) is 0 Å². The first-order chi connectivity index (χ1) is 9.17. The molecule has 104 valence electrons. The fourth-order valence-electron chi connectivity index (χ4n) is 3.37. The van der Waals surface area contributed by atoms with E-state index < -0.39 is 0 Å². The van der Waals surface area contributed by atoms with Crippen LogP contribution in [-0.4, -0.2) is 17.5 Å². The largest absolute Gasteiger partial charge is 0.398 e. The lowest BCUT2D eigenvalue weighted by molar-refractivity contribution is -0.0703. The maximum Gasteiger partial charge on any atom is 0.0693 e. The average molecular weight is 277 g/mol. The third kappa shape index (κ3) is 2.92. The van der Waals surface area contributed by atoms with Crippen LogP contribution in [0, 0.1) is 6.92 Å². The fraction of sp³-hybridized carbons (Fsp3) is 0.625. The lowest BCUT2D eigenvalue weighted by Crippen LogP contribution is -2.38. The van der Waals surface area contributed by atoms with Crippen LogP contribution in [0.1, 0.15) is 44.1 Å². The zero-order chi connectivity index (χ0) is 13.3. The van der Waals surface area contributed by atoms with Crippen molar-refractivity contribution >= 4 is 17.4 Å². The van der Waals surface area contributed by atoms with Crippen molar-refractivity contribution in [3.05, 3.63) is 23.8 Å². The van der Waals surface area contributed by atoms with Gasteiger partial charge in [-0.25, -0.2) is 0 Å². The van der Waals surface area contributed by atoms with Gasteiger partial charge in [-0.15, -0.1) is 11.8 Å². The molecule has 2 aliphatic rings. The smallest absolute Gasteiger partial charge is 0.0693 e. The maximum atomic E-state index is 6.10. The van der Waals surface area contributed by atoms with Gasteiger partial charge in [0.05, 0.1) is 5.60 Å². The summed E-state index contributed by atoms with van der Waals surface area (Å²) in [5.74, 6) is 0. The van der Waals surface area contributed by atoms with Crippen LogP contribution < -0.4 is 5.73 Å². The molecule has 2 N–H and O–H groups in total. The van der Waals surface area contributed by atoms with Gasteiger partial charge >= 0.3 is 0 Å². The normalized spacial score (nSPS) is 25.8. The summed E-state index contributed by atoms with van der Waals surface area (Å²) in [4.78, 5) is 1.25. The first-order valence-electron chi connectivity index (χ1n) is 7.34. The molecule has 1 atom stereocenters. The molecule has 0 radical (unpaired) electrons. The van der Waals surface area contributed by atoms with Crippen LogP contribution in [0.25, 0.3) is 0 Å². The van der Waals surface area contributed by atoms with Gasteiger partial charge in [0, 0.05) is 22.4 Å². The van der Waals surface area contributed by atoms with Crippen LogP contribution in [-0.2, 0) is 4.74 Å². The van der Waals surface area contributed by atoms with Crippen molar-refractivity contribution in [2.45, 2.75) is 61.2 Å². The third-order valence-corrected chi connectivity index (χ3v) is 5.77. The van der Waals surface area contributed by atoms with Gasteiger partial charge in [0.2, 0.25) is 0 Å². The Hall–Kier alpha value is -0.670. The van der Waals surface area contributed by atoms with Crippen molar-refractivity contribution in [2.24, 2.45) is 0 Å². The molecule has 1 saturated carbocycles. The van der Waals surface area contributed by atoms with Crippen LogP contribution in [0.2, 0.25) is 0 Å². The van der Waals surface area contributed by atoms with E-state index in [0.29, 0.717) is 5.25 Å². The number of nitrogen functional groups attached to an aromatic ring is 1. The molecule has 1 saturated heterocycles. The minimum atomic E-state index is 0.203. The Bertz CT molecular complexity index is 454. The minimum Gasteiger partial charge on any atom is -0.398 e. The Morgan fingerprint density at radius 2 is 2.11 bits per heavy atom. The monoisotopic (exact) mass is 277 g/mol. The predicted molar refractivity (Wildman–Crippen MR) is 81.6 cm³/mol. The molecule has 3 heteroatoms. The number of benzene rings is 1. The molecule has 1 aromatic rings. The molecule has 0 aromatic heterocycles. The number of hydrogen-bond donors (Lipinski definition) is 1. The molecule has 1 heterocycles. The zero-order valence-corrected chi connectivity index (χ0v) is 12.5. The number of aryl methyl sites for hydroxylation is 1. The van der Waals surface area contributed by atoms with Crippen molar-refractivity contribution in [2.75, 3.05) is 12.3 Å². The zero-order valence-electron chi connectivity index (χ0n) is 11.7. The van der Waals surface area contributed by atoms with Crippen molar-refractivity contribution in [3.8, 4) is 0 Å². The summed E-state index contributed by atoms with van der Waals surface area (Å²) in [6, 6.07) is 6.33. The summed E-state index contributed by atoms with van der Waals surface area (Å²) < 4.78 is 6.10. The summed E-state index contributed by atoms with van der Waals surface area (Å²) in [5.41, 5.74) is 8.51. The van der Waals surface area contributed by atoms with Gasteiger partial charge in [-0.2, -0.15) is 0 Å². The maximum absolute atomic E-state index is 6.10. The molecule has 1 unspecified atom stereocenters. The Morgan fingerprint density at radius 3 is 2.89 bits per heavy atom. The summed E-state index contributed by atoms with van der Waals surface area (Å²) in [6.07, 6.45) is 7.54. The molecule has 1 spiro atoms. The van der Waals surface area contributed by atoms with Crippen molar-refractivity contribution in [1.82, 2.24) is 0 Å². The number of rotatable bonds is 2. The average Bonchev–Trinajstić information content (AvgIpc) is 2.82. The van der Waals surface area contributed by atoms with Crippen LogP contribution >= 0.6 is 11.8 Å². The summed E-state index contributed by atoms with van der Waals surface area (Å²) in [6.45, 7) is 3.05. The van der Waals surface area contributed by atoms with E-state index >= 15 is 0 Å². The second kappa shape index (κ2) is 5.37. The van der Waals surface area contributed by atoms with E-state index in [-0.39, 0.29) is 5.60 Å².